The Labute approximate surface area is 129 Å². The lowest BCUT2D eigenvalue weighted by molar-refractivity contribution is 0.0964. The van der Waals surface area contributed by atoms with Gasteiger partial charge in [0.2, 0.25) is 0 Å². The van der Waals surface area contributed by atoms with Crippen molar-refractivity contribution in [2.45, 2.75) is 20.4 Å². The Morgan fingerprint density at radius 2 is 2.09 bits per heavy atom. The summed E-state index contributed by atoms with van der Waals surface area (Å²) < 4.78 is 1.88. The third kappa shape index (κ3) is 2.35. The monoisotopic (exact) mass is 294 g/mol. The number of hydrogen-bond donors (Lipinski definition) is 1. The molecule has 5 nitrogen and oxygen atoms in total. The largest absolute Gasteiger partial charge is 0.355 e. The number of para-hydroxylation sites is 1. The SMILES string of the molecule is CCn1cc(-c2cc(C(=O)NC)c3ccccc3n2)c(C)n1. The van der Waals surface area contributed by atoms with E-state index in [1.807, 2.05) is 55.1 Å². The van der Waals surface area contributed by atoms with E-state index in [1.54, 1.807) is 7.05 Å². The van der Waals surface area contributed by atoms with E-state index in [9.17, 15) is 4.79 Å². The van der Waals surface area contributed by atoms with Crippen molar-refractivity contribution in [2.75, 3.05) is 7.05 Å². The van der Waals surface area contributed by atoms with Crippen molar-refractivity contribution in [3.63, 3.8) is 0 Å². The zero-order valence-electron chi connectivity index (χ0n) is 12.9. The Morgan fingerprint density at radius 3 is 2.77 bits per heavy atom. The molecule has 0 saturated heterocycles. The molecule has 0 fully saturated rings. The molecule has 0 unspecified atom stereocenters. The van der Waals surface area contributed by atoms with Crippen LogP contribution in [-0.2, 0) is 6.54 Å². The predicted octanol–water partition coefficient (Wildman–Crippen LogP) is 2.79. The molecule has 1 aromatic carbocycles. The van der Waals surface area contributed by atoms with Gasteiger partial charge in [-0.1, -0.05) is 18.2 Å². The van der Waals surface area contributed by atoms with Gasteiger partial charge in [-0.15, -0.1) is 0 Å². The number of rotatable bonds is 3. The van der Waals surface area contributed by atoms with Crippen molar-refractivity contribution in [1.29, 1.82) is 0 Å². The van der Waals surface area contributed by atoms with Gasteiger partial charge in [-0.3, -0.25) is 9.48 Å². The molecule has 5 heteroatoms. The number of nitrogens with zero attached hydrogens (tertiary/aromatic N) is 3. The minimum Gasteiger partial charge on any atom is -0.355 e. The van der Waals surface area contributed by atoms with E-state index in [0.29, 0.717) is 5.56 Å². The van der Waals surface area contributed by atoms with E-state index in [-0.39, 0.29) is 5.91 Å². The van der Waals surface area contributed by atoms with Gasteiger partial charge in [-0.05, 0) is 26.0 Å². The van der Waals surface area contributed by atoms with Crippen molar-refractivity contribution >= 4 is 16.8 Å². The zero-order chi connectivity index (χ0) is 15.7. The van der Waals surface area contributed by atoms with E-state index in [4.69, 9.17) is 4.98 Å². The molecule has 0 atom stereocenters. The van der Waals surface area contributed by atoms with Gasteiger partial charge in [0.05, 0.1) is 22.5 Å². The summed E-state index contributed by atoms with van der Waals surface area (Å²) in [5.41, 5.74) is 4.08. The first kappa shape index (κ1) is 14.3. The summed E-state index contributed by atoms with van der Waals surface area (Å²) >= 11 is 0. The third-order valence-corrected chi connectivity index (χ3v) is 3.73. The van der Waals surface area contributed by atoms with Crippen LogP contribution in [0.25, 0.3) is 22.2 Å². The number of fused-ring (bicyclic) bond motifs is 1. The van der Waals surface area contributed by atoms with E-state index in [0.717, 1.165) is 34.4 Å². The number of pyridine rings is 1. The van der Waals surface area contributed by atoms with Crippen LogP contribution in [-0.4, -0.2) is 27.7 Å². The fourth-order valence-corrected chi connectivity index (χ4v) is 2.57. The zero-order valence-corrected chi connectivity index (χ0v) is 12.9. The molecule has 1 N–H and O–H groups in total. The lowest BCUT2D eigenvalue weighted by atomic mass is 10.0. The lowest BCUT2D eigenvalue weighted by Gasteiger charge is -2.08. The van der Waals surface area contributed by atoms with Crippen LogP contribution < -0.4 is 5.32 Å². The summed E-state index contributed by atoms with van der Waals surface area (Å²) in [6.45, 7) is 4.80. The van der Waals surface area contributed by atoms with Crippen LogP contribution in [0.3, 0.4) is 0 Å². The van der Waals surface area contributed by atoms with Gasteiger partial charge in [-0.2, -0.15) is 5.10 Å². The molecule has 0 spiro atoms. The second-order valence-electron chi connectivity index (χ2n) is 5.14. The molecule has 0 aliphatic rings. The Hall–Kier alpha value is -2.69. The molecule has 0 aliphatic heterocycles. The molecule has 3 aromatic rings. The molecule has 0 bridgehead atoms. The Balaban J connectivity index is 2.26. The predicted molar refractivity (Wildman–Crippen MR) is 86.8 cm³/mol. The van der Waals surface area contributed by atoms with E-state index >= 15 is 0 Å². The van der Waals surface area contributed by atoms with Gasteiger partial charge < -0.3 is 5.32 Å². The second-order valence-corrected chi connectivity index (χ2v) is 5.14. The average molecular weight is 294 g/mol. The summed E-state index contributed by atoms with van der Waals surface area (Å²) in [5.74, 6) is -0.111. The number of carbonyl (C=O) groups is 1. The van der Waals surface area contributed by atoms with Gasteiger partial charge >= 0.3 is 0 Å². The highest BCUT2D eigenvalue weighted by Gasteiger charge is 2.15. The number of amides is 1. The van der Waals surface area contributed by atoms with E-state index in [1.165, 1.54) is 0 Å². The van der Waals surface area contributed by atoms with Crippen molar-refractivity contribution in [2.24, 2.45) is 0 Å². The quantitative estimate of drug-likeness (QED) is 0.808. The maximum Gasteiger partial charge on any atom is 0.251 e. The summed E-state index contributed by atoms with van der Waals surface area (Å²) in [7, 11) is 1.64. The average Bonchev–Trinajstić information content (AvgIpc) is 2.94. The van der Waals surface area contributed by atoms with Crippen LogP contribution in [0.2, 0.25) is 0 Å². The number of aromatic nitrogens is 3. The van der Waals surface area contributed by atoms with Crippen molar-refractivity contribution in [1.82, 2.24) is 20.1 Å². The number of aryl methyl sites for hydroxylation is 2. The topological polar surface area (TPSA) is 59.8 Å². The fraction of sp³-hybridized carbons (Fsp3) is 0.235. The Kier molecular flexibility index (Phi) is 3.63. The molecule has 2 heterocycles. The van der Waals surface area contributed by atoms with E-state index in [2.05, 4.69) is 10.4 Å². The molecule has 2 aromatic heterocycles. The Bertz CT molecular complexity index is 851. The normalized spacial score (nSPS) is 10.9. The second kappa shape index (κ2) is 5.60. The molecule has 0 saturated carbocycles. The fourth-order valence-electron chi connectivity index (χ4n) is 2.57. The molecule has 112 valence electrons. The Morgan fingerprint density at radius 1 is 1.32 bits per heavy atom. The maximum atomic E-state index is 12.2. The van der Waals surface area contributed by atoms with E-state index < -0.39 is 0 Å². The summed E-state index contributed by atoms with van der Waals surface area (Å²) in [5, 5.41) is 8.00. The molecule has 1 amide bonds. The van der Waals surface area contributed by atoms with Crippen molar-refractivity contribution in [3.05, 3.63) is 47.8 Å². The maximum absolute atomic E-state index is 12.2. The molecular weight excluding hydrogens is 276 g/mol. The van der Waals surface area contributed by atoms with Crippen molar-refractivity contribution < 1.29 is 4.79 Å². The van der Waals surface area contributed by atoms with Gasteiger partial charge in [0.25, 0.3) is 5.91 Å². The van der Waals surface area contributed by atoms with Gasteiger partial charge in [0.15, 0.2) is 0 Å². The molecule has 3 rings (SSSR count). The summed E-state index contributed by atoms with van der Waals surface area (Å²) in [6, 6.07) is 9.51. The van der Waals surface area contributed by atoms with Crippen LogP contribution >= 0.6 is 0 Å². The number of hydrogen-bond acceptors (Lipinski definition) is 3. The highest BCUT2D eigenvalue weighted by Crippen LogP contribution is 2.26. The highest BCUT2D eigenvalue weighted by molar-refractivity contribution is 6.07. The first-order valence-corrected chi connectivity index (χ1v) is 7.30. The molecular formula is C17H18N4O. The van der Waals surface area contributed by atoms with Gasteiger partial charge in [-0.25, -0.2) is 4.98 Å². The van der Waals surface area contributed by atoms with Gasteiger partial charge in [0.1, 0.15) is 0 Å². The first-order chi connectivity index (χ1) is 10.6. The number of carbonyl (C=O) groups excluding carboxylic acids is 1. The first-order valence-electron chi connectivity index (χ1n) is 7.30. The van der Waals surface area contributed by atoms with Crippen LogP contribution in [0.15, 0.2) is 36.5 Å². The smallest absolute Gasteiger partial charge is 0.251 e. The number of nitrogens with one attached hydrogen (secondary N) is 1. The van der Waals surface area contributed by atoms with Crippen LogP contribution in [0.5, 0.6) is 0 Å². The highest BCUT2D eigenvalue weighted by atomic mass is 16.1. The summed E-state index contributed by atoms with van der Waals surface area (Å²) in [4.78, 5) is 16.9. The van der Waals surface area contributed by atoms with Gasteiger partial charge in [0, 0.05) is 30.7 Å². The van der Waals surface area contributed by atoms with Crippen LogP contribution in [0.1, 0.15) is 23.0 Å². The minimum absolute atomic E-state index is 0.111. The van der Waals surface area contributed by atoms with Crippen LogP contribution in [0.4, 0.5) is 0 Å². The molecule has 0 aliphatic carbocycles. The summed E-state index contributed by atoms with van der Waals surface area (Å²) in [6.07, 6.45) is 1.97. The van der Waals surface area contributed by atoms with Crippen LogP contribution in [0, 0.1) is 6.92 Å². The molecule has 22 heavy (non-hydrogen) atoms. The third-order valence-electron chi connectivity index (χ3n) is 3.73. The lowest BCUT2D eigenvalue weighted by Crippen LogP contribution is -2.18. The number of benzene rings is 1. The standard InChI is InChI=1S/C17H18N4O/c1-4-21-10-14(11(2)20-21)16-9-13(17(22)18-3)12-7-5-6-8-15(12)19-16/h5-10H,4H2,1-3H3,(H,18,22). The van der Waals surface area contributed by atoms with Crippen molar-refractivity contribution in [3.8, 4) is 11.3 Å². The molecule has 0 radical (unpaired) electrons. The minimum atomic E-state index is -0.111.